The Bertz CT molecular complexity index is 861. The van der Waals surface area contributed by atoms with Crippen LogP contribution in [0.1, 0.15) is 21.5 Å². The van der Waals surface area contributed by atoms with Gasteiger partial charge in [-0.3, -0.25) is 4.79 Å². The van der Waals surface area contributed by atoms with E-state index in [9.17, 15) is 13.2 Å². The molecule has 2 rings (SSSR count). The van der Waals surface area contributed by atoms with Crippen molar-refractivity contribution in [3.05, 3.63) is 58.1 Å². The molecule has 0 aliphatic carbocycles. The highest BCUT2D eigenvalue weighted by Crippen LogP contribution is 2.31. The first-order valence-corrected chi connectivity index (χ1v) is 9.55. The lowest BCUT2D eigenvalue weighted by atomic mass is 10.1. The van der Waals surface area contributed by atoms with Crippen molar-refractivity contribution >= 4 is 33.0 Å². The highest BCUT2D eigenvalue weighted by atomic mass is 35.5. The van der Waals surface area contributed by atoms with Gasteiger partial charge in [0.1, 0.15) is 5.75 Å². The highest BCUT2D eigenvalue weighted by molar-refractivity contribution is 7.89. The van der Waals surface area contributed by atoms with E-state index in [1.807, 2.05) is 6.92 Å². The van der Waals surface area contributed by atoms with Crippen LogP contribution >= 0.6 is 11.6 Å². The van der Waals surface area contributed by atoms with Gasteiger partial charge in [-0.05, 0) is 36.2 Å². The maximum absolute atomic E-state index is 12.4. The van der Waals surface area contributed by atoms with E-state index < -0.39 is 9.84 Å². The summed E-state index contributed by atoms with van der Waals surface area (Å²) in [5.74, 6) is 0.0904. The van der Waals surface area contributed by atoms with E-state index >= 15 is 0 Å². The zero-order valence-corrected chi connectivity index (χ0v) is 15.2. The molecule has 2 aromatic rings. The molecular formula is C17H18ClNO4S. The third-order valence-electron chi connectivity index (χ3n) is 3.37. The van der Waals surface area contributed by atoms with Crippen molar-refractivity contribution in [2.45, 2.75) is 12.7 Å². The second kappa shape index (κ2) is 7.23. The van der Waals surface area contributed by atoms with Crippen LogP contribution in [-0.2, 0) is 15.6 Å². The Morgan fingerprint density at radius 2 is 1.83 bits per heavy atom. The van der Waals surface area contributed by atoms with E-state index in [0.717, 1.165) is 5.56 Å². The lowest BCUT2D eigenvalue weighted by molar-refractivity contribution is 0.102. The van der Waals surface area contributed by atoms with Crippen molar-refractivity contribution in [2.75, 3.05) is 18.7 Å². The summed E-state index contributed by atoms with van der Waals surface area (Å²) in [6.45, 7) is 1.83. The van der Waals surface area contributed by atoms with Gasteiger partial charge in [-0.25, -0.2) is 8.42 Å². The van der Waals surface area contributed by atoms with Crippen LogP contribution in [0.4, 0.5) is 5.69 Å². The Morgan fingerprint density at radius 1 is 1.21 bits per heavy atom. The average molecular weight is 368 g/mol. The molecule has 1 N–H and O–H groups in total. The second-order valence-electron chi connectivity index (χ2n) is 5.52. The minimum Gasteiger partial charge on any atom is -0.495 e. The fourth-order valence-corrected chi connectivity index (χ4v) is 3.13. The predicted molar refractivity (Wildman–Crippen MR) is 95.7 cm³/mol. The molecule has 0 bridgehead atoms. The molecule has 0 heterocycles. The molecule has 0 aliphatic rings. The number of methoxy groups -OCH3 is 1. The van der Waals surface area contributed by atoms with Gasteiger partial charge in [0.25, 0.3) is 5.91 Å². The number of halogens is 1. The van der Waals surface area contributed by atoms with Crippen LogP contribution < -0.4 is 10.1 Å². The second-order valence-corrected chi connectivity index (χ2v) is 8.07. The van der Waals surface area contributed by atoms with E-state index in [2.05, 4.69) is 5.32 Å². The molecule has 0 atom stereocenters. The standard InChI is InChI=1S/C17H18ClNO4S/c1-11-8-15(16(23-2)9-14(11)18)19-17(20)13-6-4-12(5-7-13)10-24(3,21)22/h4-9H,10H2,1-3H3,(H,19,20). The zero-order valence-electron chi connectivity index (χ0n) is 13.6. The molecule has 0 saturated carbocycles. The van der Waals surface area contributed by atoms with Gasteiger partial charge in [-0.1, -0.05) is 23.7 Å². The minimum absolute atomic E-state index is 0.0564. The van der Waals surface area contributed by atoms with Gasteiger partial charge < -0.3 is 10.1 Å². The molecule has 0 radical (unpaired) electrons. The van der Waals surface area contributed by atoms with Gasteiger partial charge in [0, 0.05) is 22.9 Å². The third-order valence-corrected chi connectivity index (χ3v) is 4.64. The number of anilines is 1. The number of ether oxygens (including phenoxy) is 1. The van der Waals surface area contributed by atoms with Crippen LogP contribution in [0.5, 0.6) is 5.75 Å². The van der Waals surface area contributed by atoms with Gasteiger partial charge in [-0.15, -0.1) is 0 Å². The van der Waals surface area contributed by atoms with Gasteiger partial charge in [-0.2, -0.15) is 0 Å². The summed E-state index contributed by atoms with van der Waals surface area (Å²) in [6, 6.07) is 9.80. The van der Waals surface area contributed by atoms with Crippen LogP contribution in [0.3, 0.4) is 0 Å². The molecule has 1 amide bonds. The largest absolute Gasteiger partial charge is 0.495 e. The van der Waals surface area contributed by atoms with E-state index in [-0.39, 0.29) is 11.7 Å². The topological polar surface area (TPSA) is 72.5 Å². The van der Waals surface area contributed by atoms with Crippen molar-refractivity contribution in [1.82, 2.24) is 0 Å². The summed E-state index contributed by atoms with van der Waals surface area (Å²) in [5.41, 5.74) is 2.39. The quantitative estimate of drug-likeness (QED) is 0.878. The molecule has 7 heteroatoms. The van der Waals surface area contributed by atoms with Gasteiger partial charge in [0.2, 0.25) is 0 Å². The smallest absolute Gasteiger partial charge is 0.255 e. The molecular weight excluding hydrogens is 350 g/mol. The Labute approximate surface area is 146 Å². The van der Waals surface area contributed by atoms with Crippen molar-refractivity contribution in [1.29, 1.82) is 0 Å². The molecule has 128 valence electrons. The first-order chi connectivity index (χ1) is 11.2. The monoisotopic (exact) mass is 367 g/mol. The molecule has 0 aliphatic heterocycles. The van der Waals surface area contributed by atoms with E-state index in [4.69, 9.17) is 16.3 Å². The van der Waals surface area contributed by atoms with Crippen molar-refractivity contribution in [2.24, 2.45) is 0 Å². The number of amides is 1. The number of aryl methyl sites for hydroxylation is 1. The molecule has 0 aromatic heterocycles. The number of hydrogen-bond donors (Lipinski definition) is 1. The van der Waals surface area contributed by atoms with Crippen molar-refractivity contribution in [3.63, 3.8) is 0 Å². The highest BCUT2D eigenvalue weighted by Gasteiger charge is 2.12. The van der Waals surface area contributed by atoms with Crippen molar-refractivity contribution in [3.8, 4) is 5.75 Å². The lowest BCUT2D eigenvalue weighted by Gasteiger charge is -2.12. The number of rotatable bonds is 5. The minimum atomic E-state index is -3.11. The number of carbonyl (C=O) groups excluding carboxylic acids is 1. The van der Waals surface area contributed by atoms with Crippen LogP contribution in [-0.4, -0.2) is 27.7 Å². The van der Waals surface area contributed by atoms with Gasteiger partial charge in [0.15, 0.2) is 9.84 Å². The van der Waals surface area contributed by atoms with Crippen LogP contribution in [0.15, 0.2) is 36.4 Å². The molecule has 0 saturated heterocycles. The summed E-state index contributed by atoms with van der Waals surface area (Å²) in [5, 5.41) is 3.32. The third kappa shape index (κ3) is 4.72. The fraction of sp³-hybridized carbons (Fsp3) is 0.235. The van der Waals surface area contributed by atoms with Crippen LogP contribution in [0.2, 0.25) is 5.02 Å². The normalized spacial score (nSPS) is 11.2. The maximum Gasteiger partial charge on any atom is 0.255 e. The molecule has 5 nitrogen and oxygen atoms in total. The number of hydrogen-bond acceptors (Lipinski definition) is 4. The zero-order chi connectivity index (χ0) is 17.9. The SMILES string of the molecule is COc1cc(Cl)c(C)cc1NC(=O)c1ccc(CS(C)(=O)=O)cc1. The average Bonchev–Trinajstić information content (AvgIpc) is 2.49. The fourth-order valence-electron chi connectivity index (χ4n) is 2.18. The lowest BCUT2D eigenvalue weighted by Crippen LogP contribution is -2.13. The summed E-state index contributed by atoms with van der Waals surface area (Å²) in [7, 11) is -1.61. The van der Waals surface area contributed by atoms with Crippen LogP contribution in [0.25, 0.3) is 0 Å². The summed E-state index contributed by atoms with van der Waals surface area (Å²) in [6.07, 6.45) is 1.17. The van der Waals surface area contributed by atoms with Crippen LogP contribution in [0, 0.1) is 6.92 Å². The Morgan fingerprint density at radius 3 is 2.38 bits per heavy atom. The molecule has 2 aromatic carbocycles. The van der Waals surface area contributed by atoms with E-state index in [1.165, 1.54) is 13.4 Å². The Kier molecular flexibility index (Phi) is 5.51. The summed E-state index contributed by atoms with van der Waals surface area (Å²) in [4.78, 5) is 12.4. The first kappa shape index (κ1) is 18.3. The number of sulfone groups is 1. The van der Waals surface area contributed by atoms with E-state index in [1.54, 1.807) is 36.4 Å². The van der Waals surface area contributed by atoms with Crippen molar-refractivity contribution < 1.29 is 17.9 Å². The van der Waals surface area contributed by atoms with Gasteiger partial charge in [0.05, 0.1) is 18.6 Å². The first-order valence-electron chi connectivity index (χ1n) is 7.12. The predicted octanol–water partition coefficient (Wildman–Crippen LogP) is 3.45. The molecule has 0 fully saturated rings. The Hall–Kier alpha value is -2.05. The maximum atomic E-state index is 12.4. The molecule has 0 unspecified atom stereocenters. The Balaban J connectivity index is 2.20. The molecule has 0 spiro atoms. The number of carbonyl (C=O) groups is 1. The molecule has 24 heavy (non-hydrogen) atoms. The summed E-state index contributed by atoms with van der Waals surface area (Å²) < 4.78 is 27.8. The number of benzene rings is 2. The number of nitrogens with one attached hydrogen (secondary N) is 1. The van der Waals surface area contributed by atoms with E-state index in [0.29, 0.717) is 27.6 Å². The summed E-state index contributed by atoms with van der Waals surface area (Å²) >= 11 is 6.05. The van der Waals surface area contributed by atoms with Gasteiger partial charge >= 0.3 is 0 Å².